The fraction of sp³-hybridized carbons (Fsp3) is 0.818. The van der Waals surface area contributed by atoms with Crippen LogP contribution < -0.4 is 4.72 Å². The maximum absolute atomic E-state index is 13.9. The molecule has 1 aromatic carbocycles. The number of rotatable bonds is 5. The summed E-state index contributed by atoms with van der Waals surface area (Å²) >= 11 is 7.61. The second kappa shape index (κ2) is 8.31. The van der Waals surface area contributed by atoms with Gasteiger partial charge in [0.1, 0.15) is 0 Å². The van der Waals surface area contributed by atoms with E-state index in [0.29, 0.717) is 45.7 Å². The number of nitrogens with one attached hydrogen (secondary N) is 1. The number of alkyl halides is 1. The van der Waals surface area contributed by atoms with Gasteiger partial charge in [0.05, 0.1) is 0 Å². The van der Waals surface area contributed by atoms with Crippen molar-refractivity contribution in [3.63, 3.8) is 0 Å². The van der Waals surface area contributed by atoms with E-state index in [-0.39, 0.29) is 11.4 Å². The van der Waals surface area contributed by atoms with Crippen LogP contribution in [0.3, 0.4) is 0 Å². The van der Waals surface area contributed by atoms with E-state index in [9.17, 15) is 8.42 Å². The summed E-state index contributed by atoms with van der Waals surface area (Å²) in [6.45, 7) is 2.02. The zero-order valence-electron chi connectivity index (χ0n) is 23.3. The van der Waals surface area contributed by atoms with Gasteiger partial charge in [-0.15, -0.1) is 0 Å². The molecule has 1 aliphatic heterocycles. The van der Waals surface area contributed by atoms with E-state index in [4.69, 9.17) is 11.6 Å². The Balaban J connectivity index is 1.17. The first-order chi connectivity index (χ1) is 18.7. The number of fused-ring (bicyclic) bond motifs is 2. The number of hydrogen-bond donors (Lipinski definition) is 1. The van der Waals surface area contributed by atoms with Gasteiger partial charge >= 0.3 is 248 Å². The summed E-state index contributed by atoms with van der Waals surface area (Å²) < 4.78 is 31.5. The molecule has 1 N–H and O–H groups in total. The molecule has 212 valence electrons. The number of halogens is 1. The van der Waals surface area contributed by atoms with Crippen molar-refractivity contribution in [1.82, 2.24) is 4.72 Å². The van der Waals surface area contributed by atoms with E-state index in [0.717, 1.165) is 47.5 Å². The van der Waals surface area contributed by atoms with Crippen LogP contribution in [0.5, 0.6) is 0 Å². The van der Waals surface area contributed by atoms with Crippen molar-refractivity contribution in [2.75, 3.05) is 0 Å². The van der Waals surface area contributed by atoms with Gasteiger partial charge in [0.15, 0.2) is 0 Å². The Morgan fingerprint density at radius 3 is 1.62 bits per heavy atom. The Hall–Kier alpha value is -0.0605. The van der Waals surface area contributed by atoms with Crippen molar-refractivity contribution >= 4 is 36.6 Å². The van der Waals surface area contributed by atoms with Crippen LogP contribution in [0.2, 0.25) is 9.13 Å². The number of benzene rings is 1. The van der Waals surface area contributed by atoms with Crippen LogP contribution in [0.4, 0.5) is 0 Å². The molecule has 9 saturated carbocycles. The number of aryl methyl sites for hydroxylation is 1. The fourth-order valence-electron chi connectivity index (χ4n) is 13.7. The second-order valence-electron chi connectivity index (χ2n) is 16.0. The predicted molar refractivity (Wildman–Crippen MR) is 156 cm³/mol. The summed E-state index contributed by atoms with van der Waals surface area (Å²) in [6, 6.07) is 7.48. The van der Waals surface area contributed by atoms with Crippen LogP contribution in [0.15, 0.2) is 29.2 Å². The van der Waals surface area contributed by atoms with Crippen molar-refractivity contribution in [3.8, 4) is 0 Å². The number of hydrogen-bond acceptors (Lipinski definition) is 2. The zero-order chi connectivity index (χ0) is 26.4. The van der Waals surface area contributed by atoms with Crippen LogP contribution in [-0.2, 0) is 10.0 Å². The molecule has 10 bridgehead atoms. The SMILES string of the molecule is Cc1ccc(S(=O)(=O)N[C@H]2[C@H]3[Se]C(C45CC6CC(CC(C6)C4)C5)(C45CC6CC(CC(C6)C4)C5)[C@@H]2C[C@H]3Cl)cc1. The Bertz CT molecular complexity index is 1180. The topological polar surface area (TPSA) is 46.2 Å². The molecule has 11 rings (SSSR count). The molecule has 0 spiro atoms. The fourth-order valence-corrected chi connectivity index (χ4v) is 21.1. The Morgan fingerprint density at radius 1 is 0.744 bits per heavy atom. The van der Waals surface area contributed by atoms with Gasteiger partial charge in [-0.25, -0.2) is 0 Å². The molecule has 10 aliphatic rings. The maximum atomic E-state index is 13.9. The minimum absolute atomic E-state index is 0.0276. The van der Waals surface area contributed by atoms with Gasteiger partial charge in [-0.3, -0.25) is 0 Å². The molecule has 6 heteroatoms. The van der Waals surface area contributed by atoms with Crippen LogP contribution >= 0.6 is 11.6 Å². The summed E-state index contributed by atoms with van der Waals surface area (Å²) in [5, 5.41) is 0.136. The van der Waals surface area contributed by atoms with Crippen molar-refractivity contribution in [2.45, 2.75) is 116 Å². The summed E-state index contributed by atoms with van der Waals surface area (Å²) in [5.74, 6) is 6.05. The molecule has 1 aromatic rings. The molecular weight excluding hydrogens is 589 g/mol. The van der Waals surface area contributed by atoms with Crippen LogP contribution in [0.25, 0.3) is 0 Å². The zero-order valence-corrected chi connectivity index (χ0v) is 26.6. The first-order valence-electron chi connectivity index (χ1n) is 16.1. The molecule has 4 atom stereocenters. The third-order valence-corrected chi connectivity index (χ3v) is 21.1. The predicted octanol–water partition coefficient (Wildman–Crippen LogP) is 7.37. The van der Waals surface area contributed by atoms with E-state index in [1.54, 1.807) is 12.1 Å². The van der Waals surface area contributed by atoms with Gasteiger partial charge in [0.2, 0.25) is 0 Å². The Kier molecular flexibility index (Phi) is 5.42. The standard InChI is InChI=1S/C33H44ClNO2SSe/c1-19-2-4-26(5-3-19)38(36,37)35-29-27-12-28(34)30(29)39-33(27,31-13-20-6-21(14-31)8-22(7-20)15-31)32-16-23-9-24(17-32)11-25(10-23)18-32/h2-5,20-25,27-30,35H,6-18H2,1H3/t20?,21?,22?,23?,24?,25?,27-,28-,29-,30+,31?,32?,33?/m1/s1. The molecule has 1 heterocycles. The summed E-state index contributed by atoms with van der Waals surface area (Å²) in [4.78, 5) is 0.763. The normalized spacial score (nSPS) is 54.6. The molecule has 39 heavy (non-hydrogen) atoms. The molecule has 9 aliphatic carbocycles. The molecule has 0 radical (unpaired) electrons. The first-order valence-corrected chi connectivity index (χ1v) is 19.8. The first kappa shape index (κ1) is 25.4. The van der Waals surface area contributed by atoms with Gasteiger partial charge < -0.3 is 0 Å². The monoisotopic (exact) mass is 633 g/mol. The number of sulfonamides is 1. The van der Waals surface area contributed by atoms with Gasteiger partial charge in [-0.05, 0) is 0 Å². The molecule has 0 amide bonds. The van der Waals surface area contributed by atoms with E-state index >= 15 is 0 Å². The molecule has 10 fully saturated rings. The van der Waals surface area contributed by atoms with Crippen molar-refractivity contribution < 1.29 is 8.42 Å². The van der Waals surface area contributed by atoms with E-state index in [1.165, 1.54) is 77.0 Å². The van der Waals surface area contributed by atoms with Crippen molar-refractivity contribution in [3.05, 3.63) is 29.8 Å². The summed E-state index contributed by atoms with van der Waals surface area (Å²) in [7, 11) is -3.57. The van der Waals surface area contributed by atoms with E-state index < -0.39 is 10.0 Å². The Morgan fingerprint density at radius 2 is 1.18 bits per heavy atom. The van der Waals surface area contributed by atoms with E-state index in [2.05, 4.69) is 4.72 Å². The van der Waals surface area contributed by atoms with Crippen LogP contribution in [0.1, 0.15) is 89.0 Å². The quantitative estimate of drug-likeness (QED) is 0.272. The molecule has 3 nitrogen and oxygen atoms in total. The Labute approximate surface area is 246 Å². The van der Waals surface area contributed by atoms with Gasteiger partial charge in [0.25, 0.3) is 0 Å². The third-order valence-electron chi connectivity index (χ3n) is 13.7. The summed E-state index contributed by atoms with van der Waals surface area (Å²) in [5.41, 5.74) is 2.01. The van der Waals surface area contributed by atoms with Crippen molar-refractivity contribution in [2.24, 2.45) is 52.3 Å². The van der Waals surface area contributed by atoms with E-state index in [1.807, 2.05) is 19.1 Å². The summed E-state index contributed by atoms with van der Waals surface area (Å²) in [6.07, 6.45) is 18.7. The van der Waals surface area contributed by atoms with Crippen molar-refractivity contribution in [1.29, 1.82) is 0 Å². The molecule has 1 saturated heterocycles. The average molecular weight is 633 g/mol. The molecule has 0 unspecified atom stereocenters. The van der Waals surface area contributed by atoms with Crippen LogP contribution in [-0.4, -0.2) is 34.8 Å². The van der Waals surface area contributed by atoms with Gasteiger partial charge in [-0.2, -0.15) is 0 Å². The molecule has 0 aromatic heterocycles. The van der Waals surface area contributed by atoms with Crippen LogP contribution in [0, 0.1) is 59.2 Å². The minimum atomic E-state index is -3.57. The van der Waals surface area contributed by atoms with Gasteiger partial charge in [0, 0.05) is 0 Å². The molecular formula is C33H44ClNO2SSe. The third kappa shape index (κ3) is 3.41. The average Bonchev–Trinajstić information content (AvgIpc) is 3.33. The second-order valence-corrected chi connectivity index (χ2v) is 21.3. The van der Waals surface area contributed by atoms with Gasteiger partial charge in [-0.1, -0.05) is 0 Å².